The largest absolute Gasteiger partial charge is 0.536 e. The molecule has 1 aliphatic rings. The normalized spacial score (nSPS) is 31.5. The summed E-state index contributed by atoms with van der Waals surface area (Å²) in [7, 11) is -4.16. The highest BCUT2D eigenvalue weighted by Gasteiger charge is 2.56. The van der Waals surface area contributed by atoms with Gasteiger partial charge in [0.1, 0.15) is 5.72 Å². The van der Waals surface area contributed by atoms with E-state index in [-0.39, 0.29) is 12.5 Å². The van der Waals surface area contributed by atoms with Crippen LogP contribution in [-0.2, 0) is 18.1 Å². The second kappa shape index (κ2) is 4.55. The Balaban J connectivity index is 2.68. The predicted molar refractivity (Wildman–Crippen MR) is 54.6 cm³/mol. The summed E-state index contributed by atoms with van der Waals surface area (Å²) in [4.78, 5) is 10.3. The molecule has 92 valence electrons. The third kappa shape index (κ3) is 3.05. The number of nitrogens with two attached hydrogens (primary N) is 1. The van der Waals surface area contributed by atoms with Crippen molar-refractivity contribution in [2.45, 2.75) is 19.1 Å². The maximum Gasteiger partial charge on any atom is 0.536 e. The first-order chi connectivity index (χ1) is 7.35. The van der Waals surface area contributed by atoms with Gasteiger partial charge in [-0.3, -0.25) is 9.05 Å². The molecule has 0 heterocycles. The van der Waals surface area contributed by atoms with Crippen LogP contribution in [0.4, 0.5) is 4.79 Å². The van der Waals surface area contributed by atoms with Crippen LogP contribution in [0.2, 0.25) is 0 Å². The van der Waals surface area contributed by atoms with Gasteiger partial charge in [-0.1, -0.05) is 6.08 Å². The molecule has 0 bridgehead atoms. The van der Waals surface area contributed by atoms with Crippen molar-refractivity contribution in [3.8, 4) is 0 Å². The van der Waals surface area contributed by atoms with E-state index in [9.17, 15) is 9.36 Å². The Labute approximate surface area is 92.8 Å². The van der Waals surface area contributed by atoms with Crippen molar-refractivity contribution >= 4 is 14.0 Å². The van der Waals surface area contributed by atoms with Crippen LogP contribution in [0, 0.1) is 5.92 Å². The first-order valence-electron chi connectivity index (χ1n) is 4.64. The molecule has 7 nitrogen and oxygen atoms in total. The van der Waals surface area contributed by atoms with E-state index >= 15 is 0 Å². The molecule has 0 aromatic carbocycles. The number of hydrogen-bond donors (Lipinski definition) is 2. The van der Waals surface area contributed by atoms with Crippen LogP contribution in [0.1, 0.15) is 13.3 Å². The fourth-order valence-electron chi connectivity index (χ4n) is 1.21. The van der Waals surface area contributed by atoms with E-state index in [0.29, 0.717) is 6.42 Å². The molecule has 1 aliphatic carbocycles. The monoisotopic (exact) mass is 251 g/mol. The van der Waals surface area contributed by atoms with Gasteiger partial charge in [-0.15, -0.1) is 6.58 Å². The number of hydrogen-bond acceptors (Lipinski definition) is 6. The topological polar surface area (TPSA) is 108 Å². The number of carbonyl (C=O) groups is 1. The number of phosphoric acid groups is 1. The Bertz CT molecular complexity index is 345. The zero-order valence-corrected chi connectivity index (χ0v) is 9.68. The average molecular weight is 251 g/mol. The van der Waals surface area contributed by atoms with Gasteiger partial charge in [0, 0.05) is 12.3 Å². The number of phosphoric ester groups is 1. The van der Waals surface area contributed by atoms with Gasteiger partial charge < -0.3 is 15.4 Å². The molecular formula is C8H14NO6P. The molecule has 0 aliphatic heterocycles. The fraction of sp³-hybridized carbons (Fsp3) is 0.625. The third-order valence-corrected chi connectivity index (χ3v) is 3.57. The highest BCUT2D eigenvalue weighted by atomic mass is 31.2. The second-order valence-corrected chi connectivity index (χ2v) is 4.83. The van der Waals surface area contributed by atoms with Crippen LogP contribution >= 0.6 is 7.82 Å². The summed E-state index contributed by atoms with van der Waals surface area (Å²) in [6, 6.07) is 0. The van der Waals surface area contributed by atoms with E-state index in [1.807, 2.05) is 0 Å². The number of rotatable bonds is 6. The Morgan fingerprint density at radius 2 is 2.44 bits per heavy atom. The molecule has 0 amide bonds. The molecule has 3 N–H and O–H groups in total. The summed E-state index contributed by atoms with van der Waals surface area (Å²) in [6.07, 6.45) is 0.198. The van der Waals surface area contributed by atoms with Crippen molar-refractivity contribution < 1.29 is 28.0 Å². The quantitative estimate of drug-likeness (QED) is 0.420. The third-order valence-electron chi connectivity index (χ3n) is 2.05. The lowest BCUT2D eigenvalue weighted by atomic mass is 10.4. The van der Waals surface area contributed by atoms with Crippen LogP contribution in [0.25, 0.3) is 0 Å². The van der Waals surface area contributed by atoms with Crippen molar-refractivity contribution in [1.82, 2.24) is 0 Å². The average Bonchev–Trinajstić information content (AvgIpc) is 2.74. The first kappa shape index (κ1) is 13.2. The lowest BCUT2D eigenvalue weighted by Gasteiger charge is -2.19. The Morgan fingerprint density at radius 3 is 2.81 bits per heavy atom. The lowest BCUT2D eigenvalue weighted by molar-refractivity contribution is 0.0649. The zero-order valence-electron chi connectivity index (χ0n) is 8.79. The van der Waals surface area contributed by atoms with Crippen molar-refractivity contribution in [3.05, 3.63) is 12.7 Å². The van der Waals surface area contributed by atoms with Gasteiger partial charge in [-0.05, 0) is 6.92 Å². The molecule has 0 radical (unpaired) electrons. The van der Waals surface area contributed by atoms with Crippen molar-refractivity contribution in [1.29, 1.82) is 0 Å². The van der Waals surface area contributed by atoms with E-state index in [1.54, 1.807) is 0 Å². The molecule has 3 atom stereocenters. The zero-order chi connectivity index (χ0) is 12.4. The van der Waals surface area contributed by atoms with Crippen molar-refractivity contribution in [3.63, 3.8) is 0 Å². The van der Waals surface area contributed by atoms with Gasteiger partial charge in [-0.2, -0.15) is 0 Å². The van der Waals surface area contributed by atoms with E-state index in [0.717, 1.165) is 0 Å². The van der Waals surface area contributed by atoms with Gasteiger partial charge in [0.25, 0.3) is 0 Å². The molecule has 0 aromatic rings. The first-order valence-corrected chi connectivity index (χ1v) is 6.10. The Hall–Kier alpha value is -0.880. The summed E-state index contributed by atoms with van der Waals surface area (Å²) >= 11 is 0. The Morgan fingerprint density at radius 1 is 1.81 bits per heavy atom. The minimum atomic E-state index is -4.16. The SMILES string of the molecule is C=CC1CC1(N)OP(=O)(OCC)OC(=O)O. The van der Waals surface area contributed by atoms with E-state index in [2.05, 4.69) is 15.6 Å². The van der Waals surface area contributed by atoms with Crippen LogP contribution in [0.15, 0.2) is 12.7 Å². The summed E-state index contributed by atoms with van der Waals surface area (Å²) < 4.78 is 25.5. The molecule has 3 unspecified atom stereocenters. The minimum Gasteiger partial charge on any atom is -0.449 e. The molecule has 1 rings (SSSR count). The van der Waals surface area contributed by atoms with E-state index < -0.39 is 19.7 Å². The predicted octanol–water partition coefficient (Wildman–Crippen LogP) is 1.70. The summed E-state index contributed by atoms with van der Waals surface area (Å²) in [5.41, 5.74) is 4.47. The van der Waals surface area contributed by atoms with Crippen LogP contribution in [-0.4, -0.2) is 23.6 Å². The molecular weight excluding hydrogens is 237 g/mol. The summed E-state index contributed by atoms with van der Waals surface area (Å²) in [5, 5.41) is 8.40. The smallest absolute Gasteiger partial charge is 0.449 e. The highest BCUT2D eigenvalue weighted by molar-refractivity contribution is 7.49. The van der Waals surface area contributed by atoms with Crippen LogP contribution in [0.5, 0.6) is 0 Å². The molecule has 1 fully saturated rings. The Kier molecular flexibility index (Phi) is 3.75. The van der Waals surface area contributed by atoms with E-state index in [1.165, 1.54) is 13.0 Å². The highest BCUT2D eigenvalue weighted by Crippen LogP contribution is 2.59. The fourth-order valence-corrected chi connectivity index (χ4v) is 2.48. The lowest BCUT2D eigenvalue weighted by Crippen LogP contribution is -2.28. The summed E-state index contributed by atoms with van der Waals surface area (Å²) in [5.74, 6) is -0.182. The van der Waals surface area contributed by atoms with Gasteiger partial charge in [0.05, 0.1) is 6.61 Å². The van der Waals surface area contributed by atoms with Crippen LogP contribution in [0.3, 0.4) is 0 Å². The van der Waals surface area contributed by atoms with Crippen LogP contribution < -0.4 is 5.73 Å². The maximum absolute atomic E-state index is 11.8. The van der Waals surface area contributed by atoms with Crippen molar-refractivity contribution in [2.24, 2.45) is 11.7 Å². The van der Waals surface area contributed by atoms with Gasteiger partial charge in [-0.25, -0.2) is 9.36 Å². The minimum absolute atomic E-state index is 0.0145. The molecule has 0 aromatic heterocycles. The van der Waals surface area contributed by atoms with E-state index in [4.69, 9.17) is 15.4 Å². The van der Waals surface area contributed by atoms with Gasteiger partial charge >= 0.3 is 14.0 Å². The number of carboxylic acid groups (broad SMARTS) is 1. The molecule has 0 saturated heterocycles. The molecule has 1 saturated carbocycles. The molecule has 16 heavy (non-hydrogen) atoms. The summed E-state index contributed by atoms with van der Waals surface area (Å²) in [6.45, 7) is 5.02. The maximum atomic E-state index is 11.8. The standard InChI is InChI=1S/C8H14NO6P/c1-3-6-5-8(6,9)15-16(12,13-4-2)14-7(10)11/h3,6H,1,4-5,9H2,2H3,(H,10,11). The molecule has 8 heteroatoms. The van der Waals surface area contributed by atoms with Crippen molar-refractivity contribution in [2.75, 3.05) is 6.61 Å². The van der Waals surface area contributed by atoms with Gasteiger partial charge in [0.2, 0.25) is 0 Å². The second-order valence-electron chi connectivity index (χ2n) is 3.31. The van der Waals surface area contributed by atoms with Gasteiger partial charge in [0.15, 0.2) is 0 Å². The molecule has 0 spiro atoms.